The SMILES string of the molecule is Cc1cccc(OCc2nnc(SCc3ccc(F)c4cccnc34)o2)c1. The Morgan fingerprint density at radius 2 is 2.04 bits per heavy atom. The van der Waals surface area contributed by atoms with Crippen molar-refractivity contribution in [2.75, 3.05) is 0 Å². The number of fused-ring (bicyclic) bond motifs is 1. The van der Waals surface area contributed by atoms with Crippen LogP contribution in [0.25, 0.3) is 10.9 Å². The summed E-state index contributed by atoms with van der Waals surface area (Å²) in [6.45, 7) is 2.21. The second kappa shape index (κ2) is 7.75. The molecule has 2 aromatic carbocycles. The van der Waals surface area contributed by atoms with Crippen molar-refractivity contribution in [2.24, 2.45) is 0 Å². The van der Waals surface area contributed by atoms with Crippen LogP contribution >= 0.6 is 11.8 Å². The third-order valence-corrected chi connectivity index (χ3v) is 4.82. The molecule has 0 bridgehead atoms. The lowest BCUT2D eigenvalue weighted by molar-refractivity contribution is 0.252. The molecule has 5 nitrogen and oxygen atoms in total. The molecule has 0 atom stereocenters. The zero-order valence-electron chi connectivity index (χ0n) is 14.6. The smallest absolute Gasteiger partial charge is 0.277 e. The van der Waals surface area contributed by atoms with Crippen molar-refractivity contribution in [1.29, 1.82) is 0 Å². The van der Waals surface area contributed by atoms with Gasteiger partial charge < -0.3 is 9.15 Å². The zero-order chi connectivity index (χ0) is 18.6. The molecule has 0 aliphatic rings. The van der Waals surface area contributed by atoms with E-state index in [0.29, 0.717) is 27.8 Å². The standard InChI is InChI=1S/C20H16FN3O2S/c1-13-4-2-5-15(10-13)25-11-18-23-24-20(26-18)27-12-14-7-8-17(21)16-6-3-9-22-19(14)16/h2-10H,11-12H2,1H3. The predicted molar refractivity (Wildman–Crippen MR) is 101 cm³/mol. The van der Waals surface area contributed by atoms with Gasteiger partial charge >= 0.3 is 0 Å². The second-order valence-electron chi connectivity index (χ2n) is 5.96. The van der Waals surface area contributed by atoms with Gasteiger partial charge in [0.1, 0.15) is 11.6 Å². The van der Waals surface area contributed by atoms with E-state index in [4.69, 9.17) is 9.15 Å². The fourth-order valence-electron chi connectivity index (χ4n) is 2.66. The Morgan fingerprint density at radius 3 is 2.93 bits per heavy atom. The van der Waals surface area contributed by atoms with E-state index in [1.54, 1.807) is 24.4 Å². The summed E-state index contributed by atoms with van der Waals surface area (Å²) in [4.78, 5) is 4.29. The number of benzene rings is 2. The fraction of sp³-hybridized carbons (Fsp3) is 0.150. The van der Waals surface area contributed by atoms with Crippen LogP contribution in [0.15, 0.2) is 64.4 Å². The van der Waals surface area contributed by atoms with Crippen LogP contribution in [-0.2, 0) is 12.4 Å². The molecule has 0 aliphatic carbocycles. The van der Waals surface area contributed by atoms with Crippen LogP contribution in [0.4, 0.5) is 4.39 Å². The molecule has 0 saturated carbocycles. The Labute approximate surface area is 159 Å². The maximum atomic E-state index is 13.9. The van der Waals surface area contributed by atoms with Crippen molar-refractivity contribution < 1.29 is 13.5 Å². The molecule has 0 spiro atoms. The number of thioether (sulfide) groups is 1. The van der Waals surface area contributed by atoms with Crippen LogP contribution in [0.5, 0.6) is 5.75 Å². The number of halogens is 1. The third-order valence-electron chi connectivity index (χ3n) is 3.95. The van der Waals surface area contributed by atoms with Crippen LogP contribution < -0.4 is 4.74 Å². The van der Waals surface area contributed by atoms with E-state index in [1.807, 2.05) is 31.2 Å². The lowest BCUT2D eigenvalue weighted by Gasteiger charge is -2.05. The van der Waals surface area contributed by atoms with Gasteiger partial charge in [-0.2, -0.15) is 0 Å². The summed E-state index contributed by atoms with van der Waals surface area (Å²) < 4.78 is 25.2. The molecule has 4 aromatic rings. The molecule has 0 saturated heterocycles. The molecule has 0 fully saturated rings. The Bertz CT molecular complexity index is 1080. The maximum Gasteiger partial charge on any atom is 0.277 e. The van der Waals surface area contributed by atoms with Gasteiger partial charge in [0.15, 0.2) is 6.61 Å². The normalized spacial score (nSPS) is 11.0. The van der Waals surface area contributed by atoms with E-state index in [-0.39, 0.29) is 12.4 Å². The van der Waals surface area contributed by atoms with Crippen molar-refractivity contribution in [3.8, 4) is 5.75 Å². The van der Waals surface area contributed by atoms with Gasteiger partial charge in [-0.15, -0.1) is 10.2 Å². The van der Waals surface area contributed by atoms with Gasteiger partial charge in [-0.05, 0) is 48.4 Å². The fourth-order valence-corrected chi connectivity index (χ4v) is 3.42. The lowest BCUT2D eigenvalue weighted by atomic mass is 10.1. The van der Waals surface area contributed by atoms with Gasteiger partial charge in [0, 0.05) is 17.3 Å². The molecule has 27 heavy (non-hydrogen) atoms. The number of nitrogens with zero attached hydrogens (tertiary/aromatic N) is 3. The predicted octanol–water partition coefficient (Wildman–Crippen LogP) is 4.94. The Balaban J connectivity index is 1.41. The molecule has 0 N–H and O–H groups in total. The molecule has 0 aliphatic heterocycles. The molecule has 2 aromatic heterocycles. The van der Waals surface area contributed by atoms with Gasteiger partial charge in [0.2, 0.25) is 0 Å². The summed E-state index contributed by atoms with van der Waals surface area (Å²) in [7, 11) is 0. The van der Waals surface area contributed by atoms with Crippen LogP contribution in [0, 0.1) is 12.7 Å². The van der Waals surface area contributed by atoms with E-state index in [1.165, 1.54) is 17.8 Å². The molecule has 2 heterocycles. The summed E-state index contributed by atoms with van der Waals surface area (Å²) in [6, 6.07) is 14.4. The van der Waals surface area contributed by atoms with Gasteiger partial charge in [-0.25, -0.2) is 4.39 Å². The Hall–Kier alpha value is -2.93. The van der Waals surface area contributed by atoms with Crippen molar-refractivity contribution in [1.82, 2.24) is 15.2 Å². The first-order chi connectivity index (χ1) is 13.2. The van der Waals surface area contributed by atoms with E-state index < -0.39 is 0 Å². The van der Waals surface area contributed by atoms with Gasteiger partial charge in [0.05, 0.1) is 5.52 Å². The van der Waals surface area contributed by atoms with Crippen LogP contribution in [0.2, 0.25) is 0 Å². The van der Waals surface area contributed by atoms with Crippen LogP contribution in [0.3, 0.4) is 0 Å². The van der Waals surface area contributed by atoms with Crippen molar-refractivity contribution in [2.45, 2.75) is 24.5 Å². The summed E-state index contributed by atoms with van der Waals surface area (Å²) in [5.74, 6) is 1.43. The number of aryl methyl sites for hydroxylation is 1. The Morgan fingerprint density at radius 1 is 1.11 bits per heavy atom. The van der Waals surface area contributed by atoms with Gasteiger partial charge in [-0.1, -0.05) is 30.0 Å². The number of ether oxygens (including phenoxy) is 1. The average Bonchev–Trinajstić information content (AvgIpc) is 3.14. The second-order valence-corrected chi connectivity index (χ2v) is 6.89. The van der Waals surface area contributed by atoms with E-state index in [9.17, 15) is 4.39 Å². The number of rotatable bonds is 6. The summed E-state index contributed by atoms with van der Waals surface area (Å²) >= 11 is 1.38. The summed E-state index contributed by atoms with van der Waals surface area (Å²) in [5.41, 5.74) is 2.68. The highest BCUT2D eigenvalue weighted by atomic mass is 32.2. The molecule has 0 unspecified atom stereocenters. The molecule has 0 amide bonds. The monoisotopic (exact) mass is 381 g/mol. The van der Waals surface area contributed by atoms with Crippen molar-refractivity contribution in [3.05, 3.63) is 77.6 Å². The quantitative estimate of drug-likeness (QED) is 0.441. The van der Waals surface area contributed by atoms with Crippen molar-refractivity contribution >= 4 is 22.7 Å². The lowest BCUT2D eigenvalue weighted by Crippen LogP contribution is -1.95. The van der Waals surface area contributed by atoms with E-state index in [2.05, 4.69) is 15.2 Å². The summed E-state index contributed by atoms with van der Waals surface area (Å²) in [6.07, 6.45) is 1.66. The number of hydrogen-bond acceptors (Lipinski definition) is 6. The first-order valence-electron chi connectivity index (χ1n) is 8.36. The highest BCUT2D eigenvalue weighted by Gasteiger charge is 2.11. The number of pyridine rings is 1. The van der Waals surface area contributed by atoms with E-state index >= 15 is 0 Å². The van der Waals surface area contributed by atoms with E-state index in [0.717, 1.165) is 16.9 Å². The first-order valence-corrected chi connectivity index (χ1v) is 9.34. The average molecular weight is 381 g/mol. The largest absolute Gasteiger partial charge is 0.484 e. The van der Waals surface area contributed by atoms with Gasteiger partial charge in [0.25, 0.3) is 11.1 Å². The third kappa shape index (κ3) is 4.09. The first kappa shape index (κ1) is 17.5. The van der Waals surface area contributed by atoms with Gasteiger partial charge in [-0.3, -0.25) is 4.98 Å². The maximum absolute atomic E-state index is 13.9. The minimum absolute atomic E-state index is 0.206. The minimum Gasteiger partial charge on any atom is -0.484 e. The zero-order valence-corrected chi connectivity index (χ0v) is 15.4. The Kier molecular flexibility index (Phi) is 5.02. The molecule has 4 rings (SSSR count). The number of aromatic nitrogens is 3. The highest BCUT2D eigenvalue weighted by molar-refractivity contribution is 7.98. The van der Waals surface area contributed by atoms with Crippen LogP contribution in [0.1, 0.15) is 17.0 Å². The molecule has 0 radical (unpaired) electrons. The minimum atomic E-state index is -0.278. The summed E-state index contributed by atoms with van der Waals surface area (Å²) in [5, 5.41) is 8.98. The molecule has 7 heteroatoms. The topological polar surface area (TPSA) is 61.0 Å². The number of hydrogen-bond donors (Lipinski definition) is 0. The molecular formula is C20H16FN3O2S. The van der Waals surface area contributed by atoms with Crippen molar-refractivity contribution in [3.63, 3.8) is 0 Å². The molecule has 136 valence electrons. The highest BCUT2D eigenvalue weighted by Crippen LogP contribution is 2.27. The van der Waals surface area contributed by atoms with Crippen LogP contribution in [-0.4, -0.2) is 15.2 Å². The molecular weight excluding hydrogens is 365 g/mol.